The molecule has 0 spiro atoms. The smallest absolute Gasteiger partial charge is 0.158 e. The lowest BCUT2D eigenvalue weighted by Crippen LogP contribution is -2.28. The number of aliphatic hydroxyl groups is 1. The number of hydrazine groups is 1. The zero-order valence-corrected chi connectivity index (χ0v) is 11.1. The molecule has 0 aliphatic heterocycles. The number of nitrogen functional groups attached to an aromatic ring is 1. The van der Waals surface area contributed by atoms with Crippen LogP contribution in [0.15, 0.2) is 6.07 Å². The van der Waals surface area contributed by atoms with Crippen molar-refractivity contribution in [1.29, 1.82) is 0 Å². The molecule has 7 nitrogen and oxygen atoms in total. The lowest BCUT2D eigenvalue weighted by molar-refractivity contribution is 0.126. The third-order valence-corrected chi connectivity index (χ3v) is 3.24. The lowest BCUT2D eigenvalue weighted by Gasteiger charge is -2.26. The molecule has 1 saturated carbocycles. The van der Waals surface area contributed by atoms with Gasteiger partial charge < -0.3 is 20.6 Å². The van der Waals surface area contributed by atoms with Crippen LogP contribution in [-0.2, 0) is 11.3 Å². The standard InChI is InChI=1S/C12H21N5O2/c1-19-7-12-15-10(6-11(16-12)17-13)14-8-2-4-9(18)5-3-8/h6,8-9,18H,2-5,7,13H2,1H3,(H2,14,15,16,17). The molecule has 2 rings (SSSR count). The van der Waals surface area contributed by atoms with Gasteiger partial charge in [-0.25, -0.2) is 15.8 Å². The van der Waals surface area contributed by atoms with Gasteiger partial charge in [-0.3, -0.25) is 0 Å². The Hall–Kier alpha value is -1.44. The van der Waals surface area contributed by atoms with Crippen LogP contribution in [0.4, 0.5) is 11.6 Å². The van der Waals surface area contributed by atoms with Crippen LogP contribution in [-0.4, -0.2) is 34.3 Å². The van der Waals surface area contributed by atoms with Gasteiger partial charge in [-0.2, -0.15) is 0 Å². The largest absolute Gasteiger partial charge is 0.393 e. The van der Waals surface area contributed by atoms with Gasteiger partial charge in [-0.1, -0.05) is 0 Å². The number of nitrogens with zero attached hydrogens (tertiary/aromatic N) is 2. The molecule has 0 amide bonds. The number of aliphatic hydroxyl groups excluding tert-OH is 1. The maximum atomic E-state index is 9.49. The van der Waals surface area contributed by atoms with Gasteiger partial charge in [0, 0.05) is 19.2 Å². The summed E-state index contributed by atoms with van der Waals surface area (Å²) in [6.45, 7) is 0.341. The third kappa shape index (κ3) is 4.02. The first-order valence-electron chi connectivity index (χ1n) is 6.49. The minimum absolute atomic E-state index is 0.159. The van der Waals surface area contributed by atoms with Crippen LogP contribution < -0.4 is 16.6 Å². The van der Waals surface area contributed by atoms with Gasteiger partial charge in [-0.05, 0) is 25.7 Å². The Morgan fingerprint density at radius 1 is 1.32 bits per heavy atom. The highest BCUT2D eigenvalue weighted by atomic mass is 16.5. The fraction of sp³-hybridized carbons (Fsp3) is 0.667. The Morgan fingerprint density at radius 3 is 2.63 bits per heavy atom. The molecule has 1 fully saturated rings. The molecule has 106 valence electrons. The maximum absolute atomic E-state index is 9.49. The first-order chi connectivity index (χ1) is 9.21. The van der Waals surface area contributed by atoms with Crippen LogP contribution in [0.3, 0.4) is 0 Å². The minimum atomic E-state index is -0.159. The molecule has 7 heteroatoms. The summed E-state index contributed by atoms with van der Waals surface area (Å²) in [6, 6.07) is 2.10. The average molecular weight is 267 g/mol. The van der Waals surface area contributed by atoms with E-state index in [2.05, 4.69) is 20.7 Å². The number of hydrogen-bond donors (Lipinski definition) is 4. The molecule has 0 unspecified atom stereocenters. The zero-order valence-electron chi connectivity index (χ0n) is 11.1. The molecule has 19 heavy (non-hydrogen) atoms. The van der Waals surface area contributed by atoms with E-state index in [0.29, 0.717) is 24.3 Å². The fourth-order valence-electron chi connectivity index (χ4n) is 2.27. The number of anilines is 2. The van der Waals surface area contributed by atoms with E-state index in [-0.39, 0.29) is 6.10 Å². The van der Waals surface area contributed by atoms with E-state index in [1.807, 2.05) is 0 Å². The van der Waals surface area contributed by atoms with Crippen molar-refractivity contribution in [3.8, 4) is 0 Å². The number of nitrogens with one attached hydrogen (secondary N) is 2. The molecule has 1 aromatic rings. The van der Waals surface area contributed by atoms with E-state index in [1.54, 1.807) is 13.2 Å². The topological polar surface area (TPSA) is 105 Å². The van der Waals surface area contributed by atoms with Crippen molar-refractivity contribution in [2.75, 3.05) is 17.9 Å². The molecule has 0 aromatic carbocycles. The third-order valence-electron chi connectivity index (χ3n) is 3.24. The number of hydrogen-bond acceptors (Lipinski definition) is 7. The Bertz CT molecular complexity index is 407. The Kier molecular flexibility index (Phi) is 4.89. The van der Waals surface area contributed by atoms with E-state index in [1.165, 1.54) is 0 Å². The Labute approximate surface area is 112 Å². The minimum Gasteiger partial charge on any atom is -0.393 e. The molecule has 1 aromatic heterocycles. The van der Waals surface area contributed by atoms with Gasteiger partial charge in [0.25, 0.3) is 0 Å². The highest BCUT2D eigenvalue weighted by molar-refractivity contribution is 5.47. The molecule has 5 N–H and O–H groups in total. The van der Waals surface area contributed by atoms with Gasteiger partial charge in [0.2, 0.25) is 0 Å². The zero-order chi connectivity index (χ0) is 13.7. The summed E-state index contributed by atoms with van der Waals surface area (Å²) in [4.78, 5) is 8.57. The second kappa shape index (κ2) is 6.65. The van der Waals surface area contributed by atoms with Crippen LogP contribution in [0.2, 0.25) is 0 Å². The van der Waals surface area contributed by atoms with Crippen LogP contribution in [0, 0.1) is 0 Å². The highest BCUT2D eigenvalue weighted by Gasteiger charge is 2.19. The maximum Gasteiger partial charge on any atom is 0.158 e. The molecule has 1 aliphatic carbocycles. The van der Waals surface area contributed by atoms with Crippen molar-refractivity contribution in [1.82, 2.24) is 9.97 Å². The molecular weight excluding hydrogens is 246 g/mol. The summed E-state index contributed by atoms with van der Waals surface area (Å²) >= 11 is 0. The summed E-state index contributed by atoms with van der Waals surface area (Å²) in [5, 5.41) is 12.9. The Morgan fingerprint density at radius 2 is 2.00 bits per heavy atom. The fourth-order valence-corrected chi connectivity index (χ4v) is 2.27. The highest BCUT2D eigenvalue weighted by Crippen LogP contribution is 2.22. The molecule has 1 heterocycles. The van der Waals surface area contributed by atoms with E-state index in [9.17, 15) is 5.11 Å². The van der Waals surface area contributed by atoms with Crippen LogP contribution in [0.5, 0.6) is 0 Å². The average Bonchev–Trinajstić information content (AvgIpc) is 2.41. The van der Waals surface area contributed by atoms with Crippen molar-refractivity contribution in [3.05, 3.63) is 11.9 Å². The quantitative estimate of drug-likeness (QED) is 0.458. The number of aromatic nitrogens is 2. The van der Waals surface area contributed by atoms with Gasteiger partial charge in [0.1, 0.15) is 18.2 Å². The van der Waals surface area contributed by atoms with E-state index < -0.39 is 0 Å². The summed E-state index contributed by atoms with van der Waals surface area (Å²) in [5.41, 5.74) is 2.52. The normalized spacial score (nSPS) is 23.1. The molecular formula is C12H21N5O2. The van der Waals surface area contributed by atoms with Crippen molar-refractivity contribution in [2.45, 2.75) is 44.4 Å². The molecule has 0 bridgehead atoms. The lowest BCUT2D eigenvalue weighted by atomic mass is 9.93. The second-order valence-electron chi connectivity index (χ2n) is 4.78. The summed E-state index contributed by atoms with van der Waals surface area (Å²) in [7, 11) is 1.60. The van der Waals surface area contributed by atoms with Crippen molar-refractivity contribution in [3.63, 3.8) is 0 Å². The van der Waals surface area contributed by atoms with E-state index in [4.69, 9.17) is 10.6 Å². The van der Waals surface area contributed by atoms with E-state index in [0.717, 1.165) is 31.5 Å². The molecule has 0 radical (unpaired) electrons. The van der Waals surface area contributed by atoms with Crippen LogP contribution in [0.25, 0.3) is 0 Å². The van der Waals surface area contributed by atoms with Crippen molar-refractivity contribution >= 4 is 11.6 Å². The monoisotopic (exact) mass is 267 g/mol. The summed E-state index contributed by atoms with van der Waals surface area (Å²) in [5.74, 6) is 7.26. The van der Waals surface area contributed by atoms with Crippen LogP contribution >= 0.6 is 0 Å². The number of rotatable bonds is 5. The van der Waals surface area contributed by atoms with E-state index >= 15 is 0 Å². The van der Waals surface area contributed by atoms with Gasteiger partial charge in [-0.15, -0.1) is 0 Å². The first kappa shape index (κ1) is 14.0. The predicted octanol–water partition coefficient (Wildman–Crippen LogP) is 0.624. The molecule has 1 aliphatic rings. The number of ether oxygens (including phenoxy) is 1. The van der Waals surface area contributed by atoms with Crippen LogP contribution in [0.1, 0.15) is 31.5 Å². The second-order valence-corrected chi connectivity index (χ2v) is 4.78. The van der Waals surface area contributed by atoms with Crippen molar-refractivity contribution < 1.29 is 9.84 Å². The van der Waals surface area contributed by atoms with Gasteiger partial charge in [0.15, 0.2) is 5.82 Å². The van der Waals surface area contributed by atoms with Gasteiger partial charge >= 0.3 is 0 Å². The van der Waals surface area contributed by atoms with Crippen molar-refractivity contribution in [2.24, 2.45) is 5.84 Å². The molecule has 0 saturated heterocycles. The Balaban J connectivity index is 2.04. The number of methoxy groups -OCH3 is 1. The SMILES string of the molecule is COCc1nc(NN)cc(NC2CCC(O)CC2)n1. The first-order valence-corrected chi connectivity index (χ1v) is 6.49. The summed E-state index contributed by atoms with van der Waals surface area (Å²) in [6.07, 6.45) is 3.38. The van der Waals surface area contributed by atoms with Gasteiger partial charge in [0.05, 0.1) is 6.10 Å². The predicted molar refractivity (Wildman–Crippen MR) is 72.4 cm³/mol. The summed E-state index contributed by atoms with van der Waals surface area (Å²) < 4.78 is 5.03. The number of nitrogens with two attached hydrogens (primary N) is 1. The molecule has 0 atom stereocenters.